The molecule has 0 aliphatic carbocycles. The summed E-state index contributed by atoms with van der Waals surface area (Å²) in [5.41, 5.74) is 6.32. The highest BCUT2D eigenvalue weighted by atomic mass is 16.2. The third kappa shape index (κ3) is 4.51. The second kappa shape index (κ2) is 7.88. The number of nitrogens with one attached hydrogen (secondary N) is 2. The van der Waals surface area contributed by atoms with Gasteiger partial charge in [0.25, 0.3) is 5.91 Å². The number of aromatic nitrogens is 2. The van der Waals surface area contributed by atoms with Gasteiger partial charge in [0.05, 0.1) is 11.4 Å². The first-order valence-electron chi connectivity index (χ1n) is 7.91. The molecular formula is C20H18N4O. The Labute approximate surface area is 146 Å². The lowest BCUT2D eigenvalue weighted by molar-refractivity contribution is 0.0950. The molecule has 1 amide bonds. The zero-order valence-electron chi connectivity index (χ0n) is 13.8. The molecule has 3 rings (SSSR count). The smallest absolute Gasteiger partial charge is 0.272 e. The van der Waals surface area contributed by atoms with Gasteiger partial charge in [-0.25, -0.2) is 5.43 Å². The number of hydrogen-bond donors (Lipinski definition) is 2. The van der Waals surface area contributed by atoms with Crippen LogP contribution in [-0.2, 0) is 0 Å². The average Bonchev–Trinajstić information content (AvgIpc) is 3.16. The van der Waals surface area contributed by atoms with E-state index >= 15 is 0 Å². The molecule has 0 atom stereocenters. The molecule has 0 aliphatic heterocycles. The van der Waals surface area contributed by atoms with Crippen LogP contribution in [0.2, 0.25) is 0 Å². The monoisotopic (exact) mass is 330 g/mol. The van der Waals surface area contributed by atoms with Crippen molar-refractivity contribution in [2.24, 2.45) is 5.10 Å². The van der Waals surface area contributed by atoms with Crippen molar-refractivity contribution in [1.82, 2.24) is 15.6 Å². The zero-order valence-corrected chi connectivity index (χ0v) is 13.8. The van der Waals surface area contributed by atoms with Crippen molar-refractivity contribution in [3.8, 4) is 11.3 Å². The summed E-state index contributed by atoms with van der Waals surface area (Å²) in [5.74, 6) is -0.331. The van der Waals surface area contributed by atoms with Gasteiger partial charge in [0.1, 0.15) is 5.69 Å². The lowest BCUT2D eigenvalue weighted by atomic mass is 10.1. The summed E-state index contributed by atoms with van der Waals surface area (Å²) in [6, 6.07) is 21.3. The lowest BCUT2D eigenvalue weighted by Gasteiger charge is -1.97. The molecule has 2 aromatic carbocycles. The number of hydrazone groups is 1. The zero-order chi connectivity index (χ0) is 17.5. The first-order valence-corrected chi connectivity index (χ1v) is 7.91. The van der Waals surface area contributed by atoms with Crippen molar-refractivity contribution < 1.29 is 4.79 Å². The summed E-state index contributed by atoms with van der Waals surface area (Å²) >= 11 is 0. The molecule has 3 aromatic rings. The van der Waals surface area contributed by atoms with Crippen LogP contribution in [0.1, 0.15) is 23.0 Å². The number of rotatable bonds is 5. The molecule has 2 N–H and O–H groups in total. The normalized spacial score (nSPS) is 11.6. The third-order valence-electron chi connectivity index (χ3n) is 3.54. The second-order valence-electron chi connectivity index (χ2n) is 5.47. The number of hydrogen-bond acceptors (Lipinski definition) is 3. The molecule has 0 radical (unpaired) electrons. The highest BCUT2D eigenvalue weighted by Crippen LogP contribution is 2.16. The van der Waals surface area contributed by atoms with Crippen LogP contribution in [0.25, 0.3) is 17.3 Å². The van der Waals surface area contributed by atoms with Crippen molar-refractivity contribution in [2.75, 3.05) is 0 Å². The Balaban J connectivity index is 1.62. The van der Waals surface area contributed by atoms with Crippen molar-refractivity contribution in [1.29, 1.82) is 0 Å². The summed E-state index contributed by atoms with van der Waals surface area (Å²) < 4.78 is 0. The summed E-state index contributed by atoms with van der Waals surface area (Å²) in [7, 11) is 0. The Kier molecular flexibility index (Phi) is 5.16. The Hall–Kier alpha value is -3.47. The quantitative estimate of drug-likeness (QED) is 0.550. The fourth-order valence-corrected chi connectivity index (χ4v) is 2.21. The van der Waals surface area contributed by atoms with Crippen LogP contribution < -0.4 is 5.43 Å². The summed E-state index contributed by atoms with van der Waals surface area (Å²) in [4.78, 5) is 12.2. The van der Waals surface area contributed by atoms with Crippen LogP contribution in [0.5, 0.6) is 0 Å². The molecule has 0 unspecified atom stereocenters. The number of amides is 1. The molecule has 1 heterocycles. The van der Waals surface area contributed by atoms with E-state index in [0.29, 0.717) is 11.4 Å². The van der Waals surface area contributed by atoms with Crippen molar-refractivity contribution in [3.63, 3.8) is 0 Å². The van der Waals surface area contributed by atoms with Gasteiger partial charge in [0.2, 0.25) is 0 Å². The molecule has 0 aliphatic rings. The van der Waals surface area contributed by atoms with Crippen LogP contribution in [0.4, 0.5) is 0 Å². The molecule has 0 spiro atoms. The molecule has 0 bridgehead atoms. The Morgan fingerprint density at radius 1 is 1.08 bits per heavy atom. The number of H-pyrrole nitrogens is 1. The van der Waals surface area contributed by atoms with Crippen LogP contribution in [0.3, 0.4) is 0 Å². The van der Waals surface area contributed by atoms with Crippen LogP contribution in [-0.4, -0.2) is 21.8 Å². The van der Waals surface area contributed by atoms with Gasteiger partial charge < -0.3 is 0 Å². The highest BCUT2D eigenvalue weighted by Gasteiger charge is 2.10. The first-order chi connectivity index (χ1) is 12.2. The van der Waals surface area contributed by atoms with Crippen LogP contribution >= 0.6 is 0 Å². The van der Waals surface area contributed by atoms with Crippen LogP contribution in [0, 0.1) is 0 Å². The van der Waals surface area contributed by atoms with E-state index < -0.39 is 0 Å². The van der Waals surface area contributed by atoms with Gasteiger partial charge in [-0.05, 0) is 24.6 Å². The Morgan fingerprint density at radius 2 is 1.76 bits per heavy atom. The summed E-state index contributed by atoms with van der Waals surface area (Å²) in [6.07, 6.45) is 3.78. The molecule has 5 heteroatoms. The maximum absolute atomic E-state index is 12.2. The van der Waals surface area contributed by atoms with Gasteiger partial charge in [-0.15, -0.1) is 0 Å². The van der Waals surface area contributed by atoms with E-state index in [9.17, 15) is 4.79 Å². The highest BCUT2D eigenvalue weighted by molar-refractivity contribution is 5.98. The molecule has 25 heavy (non-hydrogen) atoms. The van der Waals surface area contributed by atoms with E-state index in [1.807, 2.05) is 79.7 Å². The topological polar surface area (TPSA) is 70.1 Å². The molecule has 0 saturated carbocycles. The van der Waals surface area contributed by atoms with E-state index in [4.69, 9.17) is 0 Å². The number of aromatic amines is 1. The van der Waals surface area contributed by atoms with Gasteiger partial charge in [-0.3, -0.25) is 9.89 Å². The van der Waals surface area contributed by atoms with Crippen LogP contribution in [0.15, 0.2) is 77.9 Å². The number of carbonyl (C=O) groups is 1. The van der Waals surface area contributed by atoms with E-state index in [1.54, 1.807) is 6.07 Å². The van der Waals surface area contributed by atoms with Gasteiger partial charge >= 0.3 is 0 Å². The van der Waals surface area contributed by atoms with E-state index in [0.717, 1.165) is 16.8 Å². The van der Waals surface area contributed by atoms with Crippen molar-refractivity contribution in [2.45, 2.75) is 6.92 Å². The maximum atomic E-state index is 12.2. The molecule has 1 aromatic heterocycles. The fourth-order valence-electron chi connectivity index (χ4n) is 2.21. The number of carbonyl (C=O) groups excluding carboxylic acids is 1. The van der Waals surface area contributed by atoms with E-state index in [-0.39, 0.29) is 5.91 Å². The standard InChI is InChI=1S/C20H18N4O/c1-15(12-13-16-8-4-2-5-9-16)21-24-20(25)19-14-18(22-23-19)17-10-6-3-7-11-17/h2-14H,1H3,(H,22,23)(H,24,25)/b13-12+,21-15?. The number of allylic oxidation sites excluding steroid dienone is 1. The fraction of sp³-hybridized carbons (Fsp3) is 0.0500. The summed E-state index contributed by atoms with van der Waals surface area (Å²) in [5, 5.41) is 11.0. The minimum absolute atomic E-state index is 0.331. The third-order valence-corrected chi connectivity index (χ3v) is 3.54. The largest absolute Gasteiger partial charge is 0.289 e. The Bertz CT molecular complexity index is 896. The maximum Gasteiger partial charge on any atom is 0.289 e. The number of nitrogens with zero attached hydrogens (tertiary/aromatic N) is 2. The van der Waals surface area contributed by atoms with Gasteiger partial charge in [0.15, 0.2) is 0 Å². The van der Waals surface area contributed by atoms with Crippen molar-refractivity contribution in [3.05, 3.63) is 84.1 Å². The predicted molar refractivity (Wildman–Crippen MR) is 100 cm³/mol. The predicted octanol–water partition coefficient (Wildman–Crippen LogP) is 3.90. The molecular weight excluding hydrogens is 312 g/mol. The SMILES string of the molecule is CC(/C=C/c1ccccc1)=NNC(=O)c1cc(-c2ccccc2)n[nH]1. The minimum atomic E-state index is -0.331. The number of benzene rings is 2. The second-order valence-corrected chi connectivity index (χ2v) is 5.47. The summed E-state index contributed by atoms with van der Waals surface area (Å²) in [6.45, 7) is 1.82. The Morgan fingerprint density at radius 3 is 2.48 bits per heavy atom. The van der Waals surface area contributed by atoms with E-state index in [2.05, 4.69) is 20.7 Å². The minimum Gasteiger partial charge on any atom is -0.272 e. The molecule has 0 saturated heterocycles. The van der Waals surface area contributed by atoms with E-state index in [1.165, 1.54) is 0 Å². The van der Waals surface area contributed by atoms with Gasteiger partial charge in [0, 0.05) is 5.56 Å². The molecule has 0 fully saturated rings. The molecule has 5 nitrogen and oxygen atoms in total. The molecule has 124 valence electrons. The lowest BCUT2D eigenvalue weighted by Crippen LogP contribution is -2.19. The van der Waals surface area contributed by atoms with Gasteiger partial charge in [-0.1, -0.05) is 66.7 Å². The average molecular weight is 330 g/mol. The van der Waals surface area contributed by atoms with Crippen molar-refractivity contribution >= 4 is 17.7 Å². The van der Waals surface area contributed by atoms with Gasteiger partial charge in [-0.2, -0.15) is 10.2 Å². The first kappa shape index (κ1) is 16.4.